The summed E-state index contributed by atoms with van der Waals surface area (Å²) in [5.41, 5.74) is 1.76. The summed E-state index contributed by atoms with van der Waals surface area (Å²) >= 11 is 5.75. The third-order valence-electron chi connectivity index (χ3n) is 4.23. The van der Waals surface area contributed by atoms with Gasteiger partial charge in [0, 0.05) is 37.4 Å². The second-order valence-corrected chi connectivity index (χ2v) is 7.15. The Morgan fingerprint density at radius 1 is 1.11 bits per heavy atom. The van der Waals surface area contributed by atoms with Crippen LogP contribution < -0.4 is 15.4 Å². The van der Waals surface area contributed by atoms with E-state index in [-0.39, 0.29) is 12.5 Å². The van der Waals surface area contributed by atoms with E-state index in [0.29, 0.717) is 36.2 Å². The number of benzene rings is 2. The number of aliphatic imine (C=N–C) groups is 1. The van der Waals surface area contributed by atoms with Crippen LogP contribution in [0.2, 0.25) is 5.02 Å². The molecule has 2 aromatic carbocycles. The Labute approximate surface area is 214 Å². The summed E-state index contributed by atoms with van der Waals surface area (Å²) in [6.45, 7) is 2.91. The van der Waals surface area contributed by atoms with Gasteiger partial charge in [-0.3, -0.25) is 9.59 Å². The van der Waals surface area contributed by atoms with E-state index >= 15 is 0 Å². The van der Waals surface area contributed by atoms with Crippen LogP contribution in [0.1, 0.15) is 12.5 Å². The first-order valence-electron chi connectivity index (χ1n) is 10.7. The summed E-state index contributed by atoms with van der Waals surface area (Å²) in [6.07, 6.45) is 3.54. The number of amides is 3. The first-order chi connectivity index (χ1) is 17.4. The molecule has 1 aromatic heterocycles. The highest BCUT2D eigenvalue weighted by atomic mass is 35.5. The van der Waals surface area contributed by atoms with Gasteiger partial charge in [-0.2, -0.15) is 0 Å². The minimum Gasteiger partial charge on any atom is -0.483 e. The Morgan fingerprint density at radius 3 is 2.33 bits per heavy atom. The van der Waals surface area contributed by atoms with Crippen molar-refractivity contribution in [2.75, 3.05) is 13.6 Å². The van der Waals surface area contributed by atoms with Gasteiger partial charge in [-0.05, 0) is 55.0 Å². The number of hydrogen-bond acceptors (Lipinski definition) is 6. The molecule has 1 heterocycles. The standard InChI is InChI=1S/C13H11N3O2.C11H15ClN2O.CH2O2/c17-10-14-9-16-11-4-6-12(7-5-11)18-13-3-1-2-8-15-13;1-3-14(2)11(15)13-8-9-4-6-10(12)7-5-9;2-1-3/h1-10H,(H,14,16,17);4-7H,3,8H2,1-2H3,(H,13,15);1H,(H,2,3). The van der Waals surface area contributed by atoms with Gasteiger partial charge in [-0.15, -0.1) is 0 Å². The van der Waals surface area contributed by atoms with E-state index in [1.165, 1.54) is 6.34 Å². The van der Waals surface area contributed by atoms with Crippen LogP contribution in [0.5, 0.6) is 11.6 Å². The fourth-order valence-electron chi connectivity index (χ4n) is 2.33. The molecule has 0 aliphatic carbocycles. The van der Waals surface area contributed by atoms with Crippen LogP contribution >= 0.6 is 11.6 Å². The number of carbonyl (C=O) groups is 3. The van der Waals surface area contributed by atoms with E-state index < -0.39 is 0 Å². The van der Waals surface area contributed by atoms with Gasteiger partial charge in [0.15, 0.2) is 0 Å². The van der Waals surface area contributed by atoms with Crippen molar-refractivity contribution in [1.82, 2.24) is 20.5 Å². The fraction of sp³-hybridized carbons (Fsp3) is 0.160. The van der Waals surface area contributed by atoms with Gasteiger partial charge in [0.05, 0.1) is 12.0 Å². The molecule has 0 aliphatic rings. The molecule has 3 aromatic rings. The van der Waals surface area contributed by atoms with E-state index in [4.69, 9.17) is 26.2 Å². The second-order valence-electron chi connectivity index (χ2n) is 6.71. The van der Waals surface area contributed by atoms with Crippen LogP contribution in [0, 0.1) is 0 Å². The molecule has 3 amide bonds. The van der Waals surface area contributed by atoms with E-state index in [2.05, 4.69) is 20.6 Å². The van der Waals surface area contributed by atoms with Gasteiger partial charge >= 0.3 is 6.03 Å². The Morgan fingerprint density at radius 2 is 1.78 bits per heavy atom. The van der Waals surface area contributed by atoms with Crippen molar-refractivity contribution >= 4 is 42.5 Å². The average molecular weight is 514 g/mol. The fourth-order valence-corrected chi connectivity index (χ4v) is 2.46. The van der Waals surface area contributed by atoms with Crippen LogP contribution in [0.15, 0.2) is 77.9 Å². The van der Waals surface area contributed by atoms with Crippen molar-refractivity contribution in [2.24, 2.45) is 4.99 Å². The SMILES string of the molecule is CCN(C)C(=O)NCc1ccc(Cl)cc1.O=CNC=Nc1ccc(Oc2ccccn2)cc1.O=CO. The number of hydrogen-bond donors (Lipinski definition) is 3. The van der Waals surface area contributed by atoms with Crippen molar-refractivity contribution in [3.63, 3.8) is 0 Å². The number of nitrogens with zero attached hydrogens (tertiary/aromatic N) is 3. The Kier molecular flexibility index (Phi) is 14.8. The zero-order valence-electron chi connectivity index (χ0n) is 19.9. The van der Waals surface area contributed by atoms with Gasteiger partial charge in [0.25, 0.3) is 6.47 Å². The Balaban J connectivity index is 0.000000329. The highest BCUT2D eigenvalue weighted by Crippen LogP contribution is 2.22. The quantitative estimate of drug-likeness (QED) is 0.231. The van der Waals surface area contributed by atoms with Crippen LogP contribution in [0.3, 0.4) is 0 Å². The van der Waals surface area contributed by atoms with Crippen LogP contribution in [-0.4, -0.2) is 53.8 Å². The highest BCUT2D eigenvalue weighted by Gasteiger charge is 2.04. The number of aromatic nitrogens is 1. The van der Waals surface area contributed by atoms with Crippen molar-refractivity contribution in [3.8, 4) is 11.6 Å². The molecule has 3 rings (SSSR count). The van der Waals surface area contributed by atoms with Crippen LogP contribution in [-0.2, 0) is 16.1 Å². The molecule has 0 fully saturated rings. The zero-order valence-corrected chi connectivity index (χ0v) is 20.6. The normalized spacial score (nSPS) is 9.53. The van der Waals surface area contributed by atoms with E-state index in [1.807, 2.05) is 43.3 Å². The average Bonchev–Trinajstić information content (AvgIpc) is 2.90. The molecule has 11 heteroatoms. The number of ether oxygens (including phenoxy) is 1. The summed E-state index contributed by atoms with van der Waals surface area (Å²) in [6, 6.07) is 19.9. The maximum atomic E-state index is 11.4. The summed E-state index contributed by atoms with van der Waals surface area (Å²) in [5, 5.41) is 12.7. The molecule has 3 N–H and O–H groups in total. The summed E-state index contributed by atoms with van der Waals surface area (Å²) < 4.78 is 5.52. The van der Waals surface area contributed by atoms with Crippen molar-refractivity contribution in [3.05, 3.63) is 83.5 Å². The van der Waals surface area contributed by atoms with Crippen LogP contribution in [0.4, 0.5) is 10.5 Å². The molecule has 10 nitrogen and oxygen atoms in total. The largest absolute Gasteiger partial charge is 0.483 e. The number of carbonyl (C=O) groups excluding carboxylic acids is 2. The summed E-state index contributed by atoms with van der Waals surface area (Å²) in [5.74, 6) is 1.22. The molecule has 0 saturated heterocycles. The number of pyridine rings is 1. The van der Waals surface area contributed by atoms with Gasteiger partial charge in [0.2, 0.25) is 12.3 Å². The summed E-state index contributed by atoms with van der Waals surface area (Å²) in [7, 11) is 1.76. The lowest BCUT2D eigenvalue weighted by molar-refractivity contribution is -0.122. The van der Waals surface area contributed by atoms with Crippen molar-refractivity contribution in [1.29, 1.82) is 0 Å². The van der Waals surface area contributed by atoms with E-state index in [1.54, 1.807) is 48.5 Å². The smallest absolute Gasteiger partial charge is 0.317 e. The number of halogens is 1. The van der Waals surface area contributed by atoms with Gasteiger partial charge in [0.1, 0.15) is 5.75 Å². The molecule has 0 aliphatic heterocycles. The van der Waals surface area contributed by atoms with E-state index in [0.717, 1.165) is 11.3 Å². The predicted octanol–water partition coefficient (Wildman–Crippen LogP) is 4.48. The molecule has 0 unspecified atom stereocenters. The second kappa shape index (κ2) is 18.0. The molecule has 0 atom stereocenters. The lowest BCUT2D eigenvalue weighted by Crippen LogP contribution is -2.36. The molecule has 36 heavy (non-hydrogen) atoms. The highest BCUT2D eigenvalue weighted by molar-refractivity contribution is 6.30. The maximum Gasteiger partial charge on any atom is 0.317 e. The zero-order chi connectivity index (χ0) is 26.6. The Hall–Kier alpha value is -4.44. The first-order valence-corrected chi connectivity index (χ1v) is 11.0. The van der Waals surface area contributed by atoms with Gasteiger partial charge in [-0.25, -0.2) is 14.8 Å². The number of carboxylic acid groups (broad SMARTS) is 1. The number of rotatable bonds is 8. The van der Waals surface area contributed by atoms with Gasteiger partial charge < -0.3 is 25.4 Å². The predicted molar refractivity (Wildman–Crippen MR) is 139 cm³/mol. The third-order valence-corrected chi connectivity index (χ3v) is 4.48. The molecule has 0 spiro atoms. The topological polar surface area (TPSA) is 133 Å². The molecule has 0 saturated carbocycles. The molecule has 0 radical (unpaired) electrons. The number of nitrogens with one attached hydrogen (secondary N) is 2. The minimum atomic E-state index is -0.250. The first kappa shape index (κ1) is 29.6. The lowest BCUT2D eigenvalue weighted by atomic mass is 10.2. The monoisotopic (exact) mass is 513 g/mol. The maximum absolute atomic E-state index is 11.4. The molecule has 190 valence electrons. The Bertz CT molecular complexity index is 1060. The summed E-state index contributed by atoms with van der Waals surface area (Å²) in [4.78, 5) is 39.5. The number of urea groups is 1. The molecular formula is C25H28ClN5O5. The van der Waals surface area contributed by atoms with Crippen molar-refractivity contribution in [2.45, 2.75) is 13.5 Å². The molecular weight excluding hydrogens is 486 g/mol. The molecule has 0 bridgehead atoms. The van der Waals surface area contributed by atoms with Gasteiger partial charge in [-0.1, -0.05) is 29.8 Å². The van der Waals surface area contributed by atoms with Crippen molar-refractivity contribution < 1.29 is 24.2 Å². The minimum absolute atomic E-state index is 0.0625. The lowest BCUT2D eigenvalue weighted by Gasteiger charge is -2.15. The van der Waals surface area contributed by atoms with Crippen LogP contribution in [0.25, 0.3) is 0 Å². The van der Waals surface area contributed by atoms with E-state index in [9.17, 15) is 9.59 Å². The third kappa shape index (κ3) is 12.7.